The first kappa shape index (κ1) is 11.9. The molecule has 0 saturated carbocycles. The molecule has 0 fully saturated rings. The molecule has 0 heterocycles. The summed E-state index contributed by atoms with van der Waals surface area (Å²) < 4.78 is 5.04. The highest BCUT2D eigenvalue weighted by atomic mass is 16.6. The molecule has 0 atom stereocenters. The van der Waals surface area contributed by atoms with Gasteiger partial charge in [-0.1, -0.05) is 6.58 Å². The number of hydrogen-bond donors (Lipinski definition) is 0. The van der Waals surface area contributed by atoms with E-state index in [-0.39, 0.29) is 0 Å². The van der Waals surface area contributed by atoms with Crippen molar-refractivity contribution in [3.05, 3.63) is 12.2 Å². The first-order chi connectivity index (χ1) is 5.87. The van der Waals surface area contributed by atoms with Crippen molar-refractivity contribution in [1.29, 1.82) is 0 Å². The van der Waals surface area contributed by atoms with Gasteiger partial charge in [-0.05, 0) is 27.2 Å². The van der Waals surface area contributed by atoms with E-state index in [1.807, 2.05) is 0 Å². The maximum atomic E-state index is 11.2. The van der Waals surface area contributed by atoms with Crippen LogP contribution in [0.15, 0.2) is 12.2 Å². The molecule has 0 N–H and O–H groups in total. The van der Waals surface area contributed by atoms with Crippen molar-refractivity contribution in [3.63, 3.8) is 0 Å². The van der Waals surface area contributed by atoms with E-state index in [0.717, 1.165) is 6.29 Å². The van der Waals surface area contributed by atoms with E-state index in [1.165, 1.54) is 0 Å². The van der Waals surface area contributed by atoms with Crippen molar-refractivity contribution in [2.24, 2.45) is 0 Å². The third-order valence-corrected chi connectivity index (χ3v) is 1.25. The molecule has 0 unspecified atom stereocenters. The van der Waals surface area contributed by atoms with E-state index >= 15 is 0 Å². The number of aldehydes is 1. The Morgan fingerprint density at radius 1 is 1.46 bits per heavy atom. The predicted molar refractivity (Wildman–Crippen MR) is 50.3 cm³/mol. The summed E-state index contributed by atoms with van der Waals surface area (Å²) in [5, 5.41) is 0. The van der Waals surface area contributed by atoms with Crippen molar-refractivity contribution in [2.75, 3.05) is 0 Å². The largest absolute Gasteiger partial charge is 0.457 e. The van der Waals surface area contributed by atoms with Crippen molar-refractivity contribution in [2.45, 2.75) is 39.2 Å². The summed E-state index contributed by atoms with van der Waals surface area (Å²) in [5.41, 5.74) is -0.150. The quantitative estimate of drug-likeness (QED) is 0.380. The SMILES string of the molecule is C=C(CCC=O)C(=O)OC(C)(C)C. The molecule has 0 spiro atoms. The topological polar surface area (TPSA) is 43.4 Å². The lowest BCUT2D eigenvalue weighted by Gasteiger charge is -2.19. The molecule has 0 aromatic rings. The summed E-state index contributed by atoms with van der Waals surface area (Å²) in [4.78, 5) is 21.3. The van der Waals surface area contributed by atoms with Gasteiger partial charge in [-0.15, -0.1) is 0 Å². The normalized spacial score (nSPS) is 10.7. The summed E-state index contributed by atoms with van der Waals surface area (Å²) in [6.07, 6.45) is 1.45. The highest BCUT2D eigenvalue weighted by molar-refractivity contribution is 5.88. The Bertz CT molecular complexity index is 211. The zero-order chi connectivity index (χ0) is 10.5. The zero-order valence-corrected chi connectivity index (χ0v) is 8.42. The molecule has 0 rings (SSSR count). The van der Waals surface area contributed by atoms with Gasteiger partial charge in [0.05, 0.1) is 0 Å². The Balaban J connectivity index is 3.97. The second kappa shape index (κ2) is 4.80. The minimum Gasteiger partial charge on any atom is -0.457 e. The van der Waals surface area contributed by atoms with E-state index in [0.29, 0.717) is 18.4 Å². The molecule has 0 saturated heterocycles. The summed E-state index contributed by atoms with van der Waals surface area (Å²) in [6, 6.07) is 0. The molecular formula is C10H16O3. The van der Waals surface area contributed by atoms with Crippen LogP contribution in [0.4, 0.5) is 0 Å². The first-order valence-electron chi connectivity index (χ1n) is 4.21. The van der Waals surface area contributed by atoms with Gasteiger partial charge < -0.3 is 9.53 Å². The number of carbonyl (C=O) groups excluding carboxylic acids is 2. The molecule has 74 valence electrons. The Morgan fingerprint density at radius 3 is 2.38 bits per heavy atom. The summed E-state index contributed by atoms with van der Waals surface area (Å²) in [7, 11) is 0. The molecule has 0 amide bonds. The van der Waals surface area contributed by atoms with Crippen LogP contribution in [0.3, 0.4) is 0 Å². The molecule has 0 aromatic carbocycles. The lowest BCUT2D eigenvalue weighted by molar-refractivity contribution is -0.150. The Labute approximate surface area is 78.8 Å². The van der Waals surface area contributed by atoms with Crippen LogP contribution in [0.1, 0.15) is 33.6 Å². The van der Waals surface area contributed by atoms with Crippen LogP contribution in [-0.4, -0.2) is 17.9 Å². The average Bonchev–Trinajstić information content (AvgIpc) is 1.96. The molecule has 0 bridgehead atoms. The standard InChI is InChI=1S/C10H16O3/c1-8(6-5-7-11)9(12)13-10(2,3)4/h7H,1,5-6H2,2-4H3. The van der Waals surface area contributed by atoms with Gasteiger partial charge in [0.25, 0.3) is 0 Å². The second-order valence-electron chi connectivity index (χ2n) is 3.81. The van der Waals surface area contributed by atoms with E-state index in [9.17, 15) is 9.59 Å². The Hall–Kier alpha value is -1.12. The zero-order valence-electron chi connectivity index (χ0n) is 8.42. The van der Waals surface area contributed by atoms with Gasteiger partial charge in [0, 0.05) is 12.0 Å². The summed E-state index contributed by atoms with van der Waals surface area (Å²) in [5.74, 6) is -0.422. The lowest BCUT2D eigenvalue weighted by atomic mass is 10.1. The number of esters is 1. The van der Waals surface area contributed by atoms with Gasteiger partial charge in [0.2, 0.25) is 0 Å². The minimum absolute atomic E-state index is 0.318. The highest BCUT2D eigenvalue weighted by Gasteiger charge is 2.17. The number of rotatable bonds is 4. The second-order valence-corrected chi connectivity index (χ2v) is 3.81. The van der Waals surface area contributed by atoms with Gasteiger partial charge in [0.1, 0.15) is 11.9 Å². The highest BCUT2D eigenvalue weighted by Crippen LogP contribution is 2.12. The van der Waals surface area contributed by atoms with Gasteiger partial charge in [-0.2, -0.15) is 0 Å². The van der Waals surface area contributed by atoms with Crippen LogP contribution in [0.5, 0.6) is 0 Å². The van der Waals surface area contributed by atoms with Crippen LogP contribution in [-0.2, 0) is 14.3 Å². The van der Waals surface area contributed by atoms with Crippen LogP contribution in [0, 0.1) is 0 Å². The summed E-state index contributed by atoms with van der Waals surface area (Å²) in [6.45, 7) is 8.91. The number of carbonyl (C=O) groups is 2. The average molecular weight is 184 g/mol. The molecule has 0 aliphatic rings. The summed E-state index contributed by atoms with van der Waals surface area (Å²) >= 11 is 0. The fourth-order valence-corrected chi connectivity index (χ4v) is 0.685. The maximum absolute atomic E-state index is 11.2. The van der Waals surface area contributed by atoms with Crippen molar-refractivity contribution < 1.29 is 14.3 Å². The number of ether oxygens (including phenoxy) is 1. The third-order valence-electron chi connectivity index (χ3n) is 1.25. The van der Waals surface area contributed by atoms with Gasteiger partial charge in [-0.3, -0.25) is 0 Å². The molecule has 13 heavy (non-hydrogen) atoms. The molecule has 3 nitrogen and oxygen atoms in total. The minimum atomic E-state index is -0.499. The molecule has 0 aliphatic carbocycles. The van der Waals surface area contributed by atoms with E-state index < -0.39 is 11.6 Å². The van der Waals surface area contributed by atoms with Crippen molar-refractivity contribution >= 4 is 12.3 Å². The fraction of sp³-hybridized carbons (Fsp3) is 0.600. The van der Waals surface area contributed by atoms with E-state index in [1.54, 1.807) is 20.8 Å². The fourth-order valence-electron chi connectivity index (χ4n) is 0.685. The Kier molecular flexibility index (Phi) is 4.38. The molecule has 0 aromatic heterocycles. The van der Waals surface area contributed by atoms with Crippen molar-refractivity contribution in [1.82, 2.24) is 0 Å². The van der Waals surface area contributed by atoms with Gasteiger partial charge in [-0.25, -0.2) is 4.79 Å². The number of hydrogen-bond acceptors (Lipinski definition) is 3. The first-order valence-corrected chi connectivity index (χ1v) is 4.21. The smallest absolute Gasteiger partial charge is 0.333 e. The third kappa shape index (κ3) is 6.08. The molecular weight excluding hydrogens is 168 g/mol. The van der Waals surface area contributed by atoms with Crippen LogP contribution in [0.2, 0.25) is 0 Å². The molecule has 0 aliphatic heterocycles. The van der Waals surface area contributed by atoms with Crippen LogP contribution >= 0.6 is 0 Å². The molecule has 0 radical (unpaired) electrons. The van der Waals surface area contributed by atoms with E-state index in [2.05, 4.69) is 6.58 Å². The monoisotopic (exact) mass is 184 g/mol. The van der Waals surface area contributed by atoms with Gasteiger partial charge >= 0.3 is 5.97 Å². The molecule has 3 heteroatoms. The maximum Gasteiger partial charge on any atom is 0.333 e. The van der Waals surface area contributed by atoms with E-state index in [4.69, 9.17) is 4.74 Å². The van der Waals surface area contributed by atoms with Crippen LogP contribution < -0.4 is 0 Å². The van der Waals surface area contributed by atoms with Crippen molar-refractivity contribution in [3.8, 4) is 0 Å². The van der Waals surface area contributed by atoms with Gasteiger partial charge in [0.15, 0.2) is 0 Å². The van der Waals surface area contributed by atoms with Crippen LogP contribution in [0.25, 0.3) is 0 Å². The predicted octanol–water partition coefficient (Wildman–Crippen LogP) is 1.86. The Morgan fingerprint density at radius 2 is 2.00 bits per heavy atom. The lowest BCUT2D eigenvalue weighted by Crippen LogP contribution is -2.24.